The van der Waals surface area contributed by atoms with Gasteiger partial charge in [-0.3, -0.25) is 4.79 Å². The number of benzene rings is 2. The molecule has 182 valence electrons. The van der Waals surface area contributed by atoms with Gasteiger partial charge in [0.15, 0.2) is 0 Å². The van der Waals surface area contributed by atoms with E-state index in [1.165, 1.54) is 6.92 Å². The molecule has 0 saturated carbocycles. The largest absolute Gasteiger partial charge is 0.377 e. The molecular weight excluding hydrogens is 444 g/mol. The Balaban J connectivity index is 1.75. The molecule has 0 aliphatic carbocycles. The number of nitrogens with zero attached hydrogens (tertiary/aromatic N) is 3. The predicted octanol–water partition coefficient (Wildman–Crippen LogP) is 4.14. The van der Waals surface area contributed by atoms with Gasteiger partial charge in [-0.05, 0) is 38.1 Å². The topological polar surface area (TPSA) is 108 Å². The quantitative estimate of drug-likeness (QED) is 0.496. The summed E-state index contributed by atoms with van der Waals surface area (Å²) in [5.74, 6) is 0.458. The van der Waals surface area contributed by atoms with E-state index >= 15 is 0 Å². The molecule has 35 heavy (non-hydrogen) atoms. The van der Waals surface area contributed by atoms with Gasteiger partial charge < -0.3 is 25.6 Å². The molecular formula is C26H30N6O3. The predicted molar refractivity (Wildman–Crippen MR) is 138 cm³/mol. The molecule has 0 unspecified atom stereocenters. The highest BCUT2D eigenvalue weighted by Crippen LogP contribution is 2.32. The maximum absolute atomic E-state index is 11.8. The number of hydrogen-bond acceptors (Lipinski definition) is 6. The SMILES string of the molecule is CCNC(=O)Nc1ccc(-c2cc(-c3ccccc3NC(C)=O)nc(N3CCOC[C@@H]3C)n2)cc1. The van der Waals surface area contributed by atoms with Crippen LogP contribution in [-0.2, 0) is 9.53 Å². The molecule has 9 heteroatoms. The highest BCUT2D eigenvalue weighted by atomic mass is 16.5. The van der Waals surface area contributed by atoms with E-state index < -0.39 is 0 Å². The van der Waals surface area contributed by atoms with Crippen LogP contribution < -0.4 is 20.9 Å². The van der Waals surface area contributed by atoms with Crippen LogP contribution in [-0.4, -0.2) is 54.3 Å². The number of nitrogens with one attached hydrogen (secondary N) is 3. The van der Waals surface area contributed by atoms with Crippen molar-refractivity contribution in [2.24, 2.45) is 0 Å². The summed E-state index contributed by atoms with van der Waals surface area (Å²) in [6, 6.07) is 16.9. The first-order valence-electron chi connectivity index (χ1n) is 11.7. The van der Waals surface area contributed by atoms with Crippen LogP contribution in [0.2, 0.25) is 0 Å². The van der Waals surface area contributed by atoms with E-state index in [9.17, 15) is 9.59 Å². The molecule has 0 spiro atoms. The van der Waals surface area contributed by atoms with Crippen molar-refractivity contribution in [2.75, 3.05) is 41.8 Å². The number of ether oxygens (including phenoxy) is 1. The summed E-state index contributed by atoms with van der Waals surface area (Å²) in [6.07, 6.45) is 0. The Morgan fingerprint density at radius 3 is 2.51 bits per heavy atom. The van der Waals surface area contributed by atoms with Gasteiger partial charge in [-0.1, -0.05) is 30.3 Å². The number of amides is 3. The lowest BCUT2D eigenvalue weighted by molar-refractivity contribution is -0.114. The molecule has 2 aromatic carbocycles. The van der Waals surface area contributed by atoms with E-state index in [-0.39, 0.29) is 18.0 Å². The van der Waals surface area contributed by atoms with Gasteiger partial charge in [0.1, 0.15) is 0 Å². The Hall–Kier alpha value is -3.98. The number of morpholine rings is 1. The van der Waals surface area contributed by atoms with Crippen molar-refractivity contribution in [3.63, 3.8) is 0 Å². The average molecular weight is 475 g/mol. The third-order valence-corrected chi connectivity index (χ3v) is 5.63. The van der Waals surface area contributed by atoms with Crippen molar-refractivity contribution in [2.45, 2.75) is 26.8 Å². The van der Waals surface area contributed by atoms with Crippen molar-refractivity contribution < 1.29 is 14.3 Å². The van der Waals surface area contributed by atoms with Crippen LogP contribution in [0.25, 0.3) is 22.5 Å². The summed E-state index contributed by atoms with van der Waals surface area (Å²) >= 11 is 0. The minimum absolute atomic E-state index is 0.126. The summed E-state index contributed by atoms with van der Waals surface area (Å²) in [7, 11) is 0. The Kier molecular flexibility index (Phi) is 7.57. The molecule has 1 atom stereocenters. The van der Waals surface area contributed by atoms with Crippen LogP contribution in [0, 0.1) is 0 Å². The van der Waals surface area contributed by atoms with Gasteiger partial charge in [0.05, 0.1) is 36.3 Å². The van der Waals surface area contributed by atoms with Crippen molar-refractivity contribution in [1.82, 2.24) is 15.3 Å². The number of para-hydroxylation sites is 1. The molecule has 3 amide bonds. The molecule has 4 rings (SSSR count). The van der Waals surface area contributed by atoms with Gasteiger partial charge in [0, 0.05) is 36.8 Å². The Morgan fingerprint density at radius 2 is 1.80 bits per heavy atom. The van der Waals surface area contributed by atoms with Gasteiger partial charge in [0.2, 0.25) is 11.9 Å². The zero-order valence-corrected chi connectivity index (χ0v) is 20.2. The van der Waals surface area contributed by atoms with Crippen molar-refractivity contribution in [1.29, 1.82) is 0 Å². The zero-order chi connectivity index (χ0) is 24.8. The van der Waals surface area contributed by atoms with Crippen LogP contribution in [0.1, 0.15) is 20.8 Å². The Labute approximate surface area is 204 Å². The van der Waals surface area contributed by atoms with Gasteiger partial charge in [-0.2, -0.15) is 0 Å². The summed E-state index contributed by atoms with van der Waals surface area (Å²) in [5, 5.41) is 8.42. The van der Waals surface area contributed by atoms with Crippen LogP contribution in [0.5, 0.6) is 0 Å². The second-order valence-corrected chi connectivity index (χ2v) is 8.34. The smallest absolute Gasteiger partial charge is 0.319 e. The van der Waals surface area contributed by atoms with Crippen LogP contribution in [0.15, 0.2) is 54.6 Å². The third kappa shape index (κ3) is 5.93. The fourth-order valence-corrected chi connectivity index (χ4v) is 3.94. The molecule has 1 aromatic heterocycles. The van der Waals surface area contributed by atoms with E-state index in [2.05, 4.69) is 27.8 Å². The van der Waals surface area contributed by atoms with E-state index in [0.717, 1.165) is 16.8 Å². The number of aromatic nitrogens is 2. The molecule has 1 saturated heterocycles. The Bertz CT molecular complexity index is 1200. The molecule has 0 radical (unpaired) electrons. The number of rotatable bonds is 6. The number of urea groups is 1. The Morgan fingerprint density at radius 1 is 1.06 bits per heavy atom. The number of carbonyl (C=O) groups excluding carboxylic acids is 2. The molecule has 9 nitrogen and oxygen atoms in total. The lowest BCUT2D eigenvalue weighted by Crippen LogP contribution is -2.44. The monoisotopic (exact) mass is 474 g/mol. The number of anilines is 3. The first kappa shape index (κ1) is 24.2. The fraction of sp³-hybridized carbons (Fsp3) is 0.308. The molecule has 2 heterocycles. The van der Waals surface area contributed by atoms with Crippen LogP contribution in [0.3, 0.4) is 0 Å². The lowest BCUT2D eigenvalue weighted by Gasteiger charge is -2.33. The van der Waals surface area contributed by atoms with Gasteiger partial charge in [-0.25, -0.2) is 14.8 Å². The molecule has 1 aliphatic heterocycles. The molecule has 1 fully saturated rings. The first-order valence-corrected chi connectivity index (χ1v) is 11.7. The van der Waals surface area contributed by atoms with Gasteiger partial charge in [0.25, 0.3) is 0 Å². The second kappa shape index (κ2) is 11.0. The number of hydrogen-bond donors (Lipinski definition) is 3. The minimum Gasteiger partial charge on any atom is -0.377 e. The standard InChI is InChI=1S/C26H30N6O3/c1-4-27-26(34)29-20-11-9-19(10-12-20)23-15-24(21-7-5-6-8-22(21)28-18(3)33)31-25(30-23)32-13-14-35-16-17(32)2/h5-12,15,17H,4,13-14,16H2,1-3H3,(H,28,33)(H2,27,29,34)/t17-/m0/s1. The van der Waals surface area contributed by atoms with Crippen LogP contribution >= 0.6 is 0 Å². The van der Waals surface area contributed by atoms with E-state index in [1.54, 1.807) is 0 Å². The van der Waals surface area contributed by atoms with E-state index in [4.69, 9.17) is 14.7 Å². The van der Waals surface area contributed by atoms with Crippen molar-refractivity contribution in [3.8, 4) is 22.5 Å². The van der Waals surface area contributed by atoms with Crippen LogP contribution in [0.4, 0.5) is 22.1 Å². The summed E-state index contributed by atoms with van der Waals surface area (Å²) in [4.78, 5) is 35.5. The van der Waals surface area contributed by atoms with E-state index in [0.29, 0.717) is 49.3 Å². The maximum Gasteiger partial charge on any atom is 0.319 e. The normalized spacial score (nSPS) is 15.4. The summed E-state index contributed by atoms with van der Waals surface area (Å²) in [6.45, 7) is 7.89. The lowest BCUT2D eigenvalue weighted by atomic mass is 10.1. The molecule has 3 aromatic rings. The van der Waals surface area contributed by atoms with Crippen molar-refractivity contribution >= 4 is 29.3 Å². The zero-order valence-electron chi connectivity index (χ0n) is 20.2. The number of carbonyl (C=O) groups is 2. The minimum atomic E-state index is -0.247. The van der Waals surface area contributed by atoms with Crippen molar-refractivity contribution in [3.05, 3.63) is 54.6 Å². The third-order valence-electron chi connectivity index (χ3n) is 5.63. The summed E-state index contributed by atoms with van der Waals surface area (Å²) in [5.41, 5.74) is 4.51. The highest BCUT2D eigenvalue weighted by molar-refractivity contribution is 5.94. The summed E-state index contributed by atoms with van der Waals surface area (Å²) < 4.78 is 5.60. The van der Waals surface area contributed by atoms with Gasteiger partial charge >= 0.3 is 6.03 Å². The average Bonchev–Trinajstić information content (AvgIpc) is 2.84. The molecule has 1 aliphatic rings. The maximum atomic E-state index is 11.8. The molecule has 3 N–H and O–H groups in total. The fourth-order valence-electron chi connectivity index (χ4n) is 3.94. The first-order chi connectivity index (χ1) is 16.9. The highest BCUT2D eigenvalue weighted by Gasteiger charge is 2.23. The van der Waals surface area contributed by atoms with E-state index in [1.807, 2.05) is 61.5 Å². The molecule has 0 bridgehead atoms. The second-order valence-electron chi connectivity index (χ2n) is 8.34. The van der Waals surface area contributed by atoms with Gasteiger partial charge in [-0.15, -0.1) is 0 Å².